The van der Waals surface area contributed by atoms with Crippen molar-refractivity contribution in [2.75, 3.05) is 14.2 Å². The number of esters is 1. The van der Waals surface area contributed by atoms with Crippen molar-refractivity contribution in [1.82, 2.24) is 0 Å². The van der Waals surface area contributed by atoms with Crippen LogP contribution in [-0.4, -0.2) is 26.3 Å². The van der Waals surface area contributed by atoms with Gasteiger partial charge >= 0.3 is 5.97 Å². The molecule has 12 heteroatoms. The van der Waals surface area contributed by atoms with E-state index in [-0.39, 0.29) is 318 Å². The minimum absolute atomic E-state index is 0. The van der Waals surface area contributed by atoms with Crippen molar-refractivity contribution in [3.05, 3.63) is 24.3 Å². The molecule has 1 rings (SSSR count). The van der Waals surface area contributed by atoms with Gasteiger partial charge < -0.3 is 21.6 Å². The van der Waals surface area contributed by atoms with E-state index in [4.69, 9.17) is 9.47 Å². The molecule has 3 unspecified atom stereocenters. The number of unbranched alkanes of at least 4 members (excludes halogenated alkanes) is 1. The first-order valence-corrected chi connectivity index (χ1v) is 7.32. The van der Waals surface area contributed by atoms with E-state index in [1.165, 1.54) is 7.11 Å². The third kappa shape index (κ3) is 25.5. The molecule has 0 aromatic heterocycles. The standard InChI is InChI=1S/C17H26O3.9Y/c1-5-6-7-8-9-10-11-12-13-17(2)14(15(17)19-3)16(18)20-4;;;;;;;;;/h7,11,14-15H,5,8-9,12-13H2,1-4H3;;;;;;;;;/q-2;;;;;;;;;. The van der Waals surface area contributed by atoms with Crippen molar-refractivity contribution in [3.63, 3.8) is 0 Å². The van der Waals surface area contributed by atoms with E-state index in [0.29, 0.717) is 0 Å². The molecule has 0 amide bonds. The topological polar surface area (TPSA) is 35.5 Å². The maximum atomic E-state index is 11.7. The second-order valence-corrected chi connectivity index (χ2v) is 5.41. The van der Waals surface area contributed by atoms with Crippen molar-refractivity contribution in [2.45, 2.75) is 52.1 Å². The summed E-state index contributed by atoms with van der Waals surface area (Å²) >= 11 is 0. The van der Waals surface area contributed by atoms with Crippen molar-refractivity contribution in [2.24, 2.45) is 11.3 Å². The summed E-state index contributed by atoms with van der Waals surface area (Å²) in [6.45, 7) is 4.17. The van der Waals surface area contributed by atoms with Gasteiger partial charge in [0.05, 0.1) is 19.1 Å². The second-order valence-electron chi connectivity index (χ2n) is 5.41. The van der Waals surface area contributed by atoms with Crippen LogP contribution in [0.3, 0.4) is 0 Å². The number of hydrogen-bond donors (Lipinski definition) is 0. The van der Waals surface area contributed by atoms with Gasteiger partial charge in [-0.25, -0.2) is 0 Å². The largest absolute Gasteiger partial charge is 0.501 e. The number of carbonyl (C=O) groups is 1. The van der Waals surface area contributed by atoms with E-state index in [9.17, 15) is 4.79 Å². The van der Waals surface area contributed by atoms with Crippen LogP contribution in [0, 0.1) is 23.5 Å². The third-order valence-electron chi connectivity index (χ3n) is 4.02. The molecule has 0 heterocycles. The monoisotopic (exact) mass is 1080 g/mol. The van der Waals surface area contributed by atoms with Crippen molar-refractivity contribution >= 4 is 5.97 Å². The predicted molar refractivity (Wildman–Crippen MR) is 78.8 cm³/mol. The number of ether oxygens (including phenoxy) is 2. The summed E-state index contributed by atoms with van der Waals surface area (Å²) in [5, 5.41) is 0. The molecular formula is C17H26O3Y9-2. The molecule has 29 heavy (non-hydrogen) atoms. The fourth-order valence-corrected chi connectivity index (χ4v) is 2.73. The molecule has 1 aliphatic rings. The summed E-state index contributed by atoms with van der Waals surface area (Å²) in [5.41, 5.74) is -0.0874. The van der Waals surface area contributed by atoms with E-state index in [1.54, 1.807) is 7.11 Å². The first-order chi connectivity index (χ1) is 9.61. The zero-order chi connectivity index (χ0) is 15.0. The zero-order valence-corrected chi connectivity index (χ0v) is 43.8. The van der Waals surface area contributed by atoms with Gasteiger partial charge in [0.1, 0.15) is 0 Å². The first-order valence-electron chi connectivity index (χ1n) is 7.32. The van der Waals surface area contributed by atoms with E-state index in [2.05, 4.69) is 38.2 Å². The molecule has 9 radical (unpaired) electrons. The van der Waals surface area contributed by atoms with Gasteiger partial charge in [0.15, 0.2) is 0 Å². The molecule has 3 atom stereocenters. The summed E-state index contributed by atoms with van der Waals surface area (Å²) < 4.78 is 10.2. The molecule has 141 valence electrons. The van der Waals surface area contributed by atoms with Gasteiger partial charge in [-0.15, -0.1) is 0 Å². The van der Waals surface area contributed by atoms with Gasteiger partial charge in [-0.05, 0) is 6.42 Å². The van der Waals surface area contributed by atoms with Crippen LogP contribution in [0.5, 0.6) is 0 Å². The van der Waals surface area contributed by atoms with E-state index >= 15 is 0 Å². The average Bonchev–Trinajstić information content (AvgIpc) is 3.06. The molecule has 0 spiro atoms. The summed E-state index contributed by atoms with van der Waals surface area (Å²) in [5.74, 6) is -0.277. The molecule has 0 aliphatic heterocycles. The number of rotatable bonds is 9. The molecule has 0 saturated heterocycles. The SMILES string of the molecule is CC[C-]=CCC[C-]=CCCC1(C)C(OC)C1C(=O)OC.[Y].[Y].[Y].[Y].[Y].[Y].[Y].[Y].[Y]. The first kappa shape index (κ1) is 61.7. The summed E-state index contributed by atoms with van der Waals surface area (Å²) in [6.07, 6.45) is 15.3. The smallest absolute Gasteiger partial charge is 0.311 e. The Kier molecular flexibility index (Phi) is 83.0. The number of carbonyl (C=O) groups excluding carboxylic acids is 1. The molecule has 0 aromatic rings. The van der Waals surface area contributed by atoms with Gasteiger partial charge in [-0.1, -0.05) is 26.7 Å². The van der Waals surface area contributed by atoms with Crippen LogP contribution in [0.4, 0.5) is 0 Å². The maximum absolute atomic E-state index is 11.7. The number of hydrogen-bond acceptors (Lipinski definition) is 3. The summed E-state index contributed by atoms with van der Waals surface area (Å²) in [7, 11) is 3.09. The van der Waals surface area contributed by atoms with Crippen molar-refractivity contribution in [1.29, 1.82) is 0 Å². The normalized spacial score (nSPS) is 20.1. The van der Waals surface area contributed by atoms with E-state index in [0.717, 1.165) is 32.1 Å². The van der Waals surface area contributed by atoms with Gasteiger partial charge in [-0.2, -0.15) is 12.8 Å². The van der Waals surface area contributed by atoms with Gasteiger partial charge in [0, 0.05) is 307 Å². The zero-order valence-electron chi connectivity index (χ0n) is 18.3. The maximum Gasteiger partial charge on any atom is 0.311 e. The summed E-state index contributed by atoms with van der Waals surface area (Å²) in [6, 6.07) is 0. The molecule has 0 N–H and O–H groups in total. The fraction of sp³-hybridized carbons (Fsp3) is 0.706. The van der Waals surface area contributed by atoms with Crippen LogP contribution >= 0.6 is 0 Å². The number of allylic oxidation sites excluding steroid dienone is 4. The molecule has 1 saturated carbocycles. The van der Waals surface area contributed by atoms with Gasteiger partial charge in [-0.3, -0.25) is 16.9 Å². The molecule has 0 aromatic carbocycles. The Labute approximate surface area is 405 Å². The summed E-state index contributed by atoms with van der Waals surface area (Å²) in [4.78, 5) is 11.7. The minimum Gasteiger partial charge on any atom is -0.501 e. The quantitative estimate of drug-likeness (QED) is 0.202. The Bertz CT molecular complexity index is 385. The van der Waals surface area contributed by atoms with Gasteiger partial charge in [0.2, 0.25) is 0 Å². The third-order valence-corrected chi connectivity index (χ3v) is 4.02. The van der Waals surface area contributed by atoms with Crippen LogP contribution in [-0.2, 0) is 309 Å². The van der Waals surface area contributed by atoms with Crippen LogP contribution in [0.2, 0.25) is 0 Å². The van der Waals surface area contributed by atoms with Crippen LogP contribution in [0.15, 0.2) is 12.2 Å². The molecule has 1 fully saturated rings. The predicted octanol–water partition coefficient (Wildman–Crippen LogP) is 3.48. The van der Waals surface area contributed by atoms with Crippen LogP contribution < -0.4 is 0 Å². The molecule has 1 aliphatic carbocycles. The van der Waals surface area contributed by atoms with E-state index < -0.39 is 0 Å². The van der Waals surface area contributed by atoms with Crippen molar-refractivity contribution < 1.29 is 309 Å². The van der Waals surface area contributed by atoms with E-state index in [1.807, 2.05) is 0 Å². The Hall–Kier alpha value is 8.85. The van der Waals surface area contributed by atoms with Crippen molar-refractivity contribution in [3.8, 4) is 0 Å². The van der Waals surface area contributed by atoms with Crippen LogP contribution in [0.1, 0.15) is 46.0 Å². The molecule has 3 nitrogen and oxygen atoms in total. The minimum atomic E-state index is -0.160. The Morgan fingerprint density at radius 2 is 1.38 bits per heavy atom. The van der Waals surface area contributed by atoms with Gasteiger partial charge in [0.25, 0.3) is 0 Å². The molecule has 0 bridgehead atoms. The Morgan fingerprint density at radius 3 is 1.79 bits per heavy atom. The Morgan fingerprint density at radius 1 is 0.897 bits per heavy atom. The second kappa shape index (κ2) is 39.0. The van der Waals surface area contributed by atoms with Crippen LogP contribution in [0.25, 0.3) is 0 Å². The fourth-order valence-electron chi connectivity index (χ4n) is 2.73. The molecular weight excluding hydrogens is 1050 g/mol. The number of methoxy groups -OCH3 is 2. The average molecular weight is 1080 g/mol. The Balaban J connectivity index is -0.0000000635.